The molecule has 1 aromatic carbocycles. The van der Waals surface area contributed by atoms with Gasteiger partial charge in [0.05, 0.1) is 36.7 Å². The number of fused-ring (bicyclic) bond motifs is 3. The number of aromatic nitrogens is 3. The highest BCUT2D eigenvalue weighted by molar-refractivity contribution is 6.04. The van der Waals surface area contributed by atoms with E-state index in [0.29, 0.717) is 12.5 Å². The normalized spacial score (nSPS) is 16.3. The second-order valence-electron chi connectivity index (χ2n) is 8.00. The molecule has 0 radical (unpaired) electrons. The summed E-state index contributed by atoms with van der Waals surface area (Å²) in [4.78, 5) is 21.5. The highest BCUT2D eigenvalue weighted by Crippen LogP contribution is 2.29. The van der Waals surface area contributed by atoms with E-state index < -0.39 is 0 Å². The summed E-state index contributed by atoms with van der Waals surface area (Å²) in [6, 6.07) is 5.89. The lowest BCUT2D eigenvalue weighted by molar-refractivity contribution is -0.118. The summed E-state index contributed by atoms with van der Waals surface area (Å²) in [5.41, 5.74) is 3.55. The molecule has 1 aliphatic rings. The number of hydrogen-bond acceptors (Lipinski definition) is 5. The maximum atomic E-state index is 12.1. The van der Waals surface area contributed by atoms with Gasteiger partial charge in [0.1, 0.15) is 11.3 Å². The minimum Gasteiger partial charge on any atom is -0.501 e. The third-order valence-corrected chi connectivity index (χ3v) is 5.44. The van der Waals surface area contributed by atoms with Crippen LogP contribution in [0, 0.1) is 11.8 Å². The van der Waals surface area contributed by atoms with Crippen LogP contribution >= 0.6 is 0 Å². The molecule has 2 aromatic heterocycles. The Morgan fingerprint density at radius 1 is 1.37 bits per heavy atom. The highest BCUT2D eigenvalue weighted by atomic mass is 16.5. The van der Waals surface area contributed by atoms with Crippen molar-refractivity contribution in [1.29, 1.82) is 0 Å². The highest BCUT2D eigenvalue weighted by Gasteiger charge is 2.19. The molecule has 0 spiro atoms. The van der Waals surface area contributed by atoms with Crippen molar-refractivity contribution in [3.8, 4) is 0 Å². The Morgan fingerprint density at radius 3 is 2.97 bits per heavy atom. The largest absolute Gasteiger partial charge is 0.501 e. The summed E-state index contributed by atoms with van der Waals surface area (Å²) < 4.78 is 13.0. The lowest BCUT2D eigenvalue weighted by Crippen LogP contribution is -2.17. The van der Waals surface area contributed by atoms with Gasteiger partial charge in [0, 0.05) is 43.0 Å². The van der Waals surface area contributed by atoms with Crippen LogP contribution in [0.2, 0.25) is 0 Å². The van der Waals surface area contributed by atoms with Crippen molar-refractivity contribution < 1.29 is 14.3 Å². The number of pyridine rings is 1. The van der Waals surface area contributed by atoms with E-state index in [1.807, 2.05) is 38.2 Å². The summed E-state index contributed by atoms with van der Waals surface area (Å²) in [6.45, 7) is 5.94. The first-order valence-corrected chi connectivity index (χ1v) is 10.4. The molecule has 3 heterocycles. The summed E-state index contributed by atoms with van der Waals surface area (Å²) in [5.74, 6) is 1.31. The van der Waals surface area contributed by atoms with Gasteiger partial charge in [-0.25, -0.2) is 4.98 Å². The van der Waals surface area contributed by atoms with Gasteiger partial charge in [0.2, 0.25) is 5.91 Å². The molecule has 0 saturated heterocycles. The predicted octanol–water partition coefficient (Wildman–Crippen LogP) is 3.92. The third-order valence-electron chi connectivity index (χ3n) is 5.44. The Morgan fingerprint density at radius 2 is 2.23 bits per heavy atom. The molecule has 7 nitrogen and oxygen atoms in total. The molecule has 1 N–H and O–H groups in total. The van der Waals surface area contributed by atoms with E-state index in [-0.39, 0.29) is 11.8 Å². The second-order valence-corrected chi connectivity index (χ2v) is 8.00. The van der Waals surface area contributed by atoms with Crippen LogP contribution in [0.25, 0.3) is 21.9 Å². The quantitative estimate of drug-likeness (QED) is 0.641. The lowest BCUT2D eigenvalue weighted by Gasteiger charge is -2.19. The number of anilines is 1. The van der Waals surface area contributed by atoms with Crippen LogP contribution in [-0.4, -0.2) is 40.8 Å². The van der Waals surface area contributed by atoms with E-state index in [1.165, 1.54) is 0 Å². The molecule has 1 aliphatic heterocycles. The minimum absolute atomic E-state index is 0.00590. The van der Waals surface area contributed by atoms with Gasteiger partial charge in [-0.3, -0.25) is 9.78 Å². The minimum atomic E-state index is -0.0755. The van der Waals surface area contributed by atoms with Crippen molar-refractivity contribution in [2.45, 2.75) is 33.2 Å². The second kappa shape index (κ2) is 8.83. The third kappa shape index (κ3) is 4.16. The van der Waals surface area contributed by atoms with E-state index in [2.05, 4.69) is 20.9 Å². The van der Waals surface area contributed by atoms with Crippen LogP contribution in [0.3, 0.4) is 0 Å². The van der Waals surface area contributed by atoms with Gasteiger partial charge in [0.25, 0.3) is 0 Å². The number of carbonyl (C=O) groups is 1. The zero-order chi connectivity index (χ0) is 21.1. The number of nitrogens with one attached hydrogen (secondary N) is 1. The molecule has 30 heavy (non-hydrogen) atoms. The van der Waals surface area contributed by atoms with Gasteiger partial charge in [-0.05, 0) is 30.7 Å². The standard InChI is InChI=1S/C23H28N4O3/c1-15(2)23(28)25-17-4-5-18-19(12-17)24-13-20-22(18)27(21(26-20)8-9-29-3)14-16-6-10-30-11-7-16/h4-6,10,12-13,15-16H,7-9,11,14H2,1-3H3,(H,25,28). The SMILES string of the molecule is COCCc1nc2cnc3cc(NC(=O)C(C)C)ccc3c2n1CC1C=COCC1. The Hall–Kier alpha value is -2.93. The molecular weight excluding hydrogens is 380 g/mol. The smallest absolute Gasteiger partial charge is 0.226 e. The van der Waals surface area contributed by atoms with Crippen LogP contribution < -0.4 is 5.32 Å². The number of benzene rings is 1. The lowest BCUT2D eigenvalue weighted by atomic mass is 10.0. The zero-order valence-electron chi connectivity index (χ0n) is 17.7. The van der Waals surface area contributed by atoms with Crippen LogP contribution in [0.4, 0.5) is 5.69 Å². The molecule has 0 fully saturated rings. The molecule has 0 aliphatic carbocycles. The molecule has 1 atom stereocenters. The molecule has 4 rings (SSSR count). The van der Waals surface area contributed by atoms with E-state index in [4.69, 9.17) is 14.5 Å². The molecule has 0 saturated carbocycles. The van der Waals surface area contributed by atoms with Crippen molar-refractivity contribution in [3.05, 3.63) is 42.6 Å². The first-order valence-electron chi connectivity index (χ1n) is 10.4. The van der Waals surface area contributed by atoms with Crippen LogP contribution in [-0.2, 0) is 27.2 Å². The molecule has 3 aromatic rings. The van der Waals surface area contributed by atoms with E-state index in [0.717, 1.165) is 59.4 Å². The maximum Gasteiger partial charge on any atom is 0.226 e. The van der Waals surface area contributed by atoms with Crippen molar-refractivity contribution in [1.82, 2.24) is 14.5 Å². The number of allylic oxidation sites excluding steroid dienone is 1. The van der Waals surface area contributed by atoms with E-state index >= 15 is 0 Å². The molecular formula is C23H28N4O3. The molecule has 158 valence electrons. The molecule has 1 amide bonds. The van der Waals surface area contributed by atoms with Gasteiger partial charge in [-0.1, -0.05) is 13.8 Å². The fourth-order valence-corrected chi connectivity index (χ4v) is 3.74. The Balaban J connectivity index is 1.78. The number of methoxy groups -OCH3 is 1. The number of imidazole rings is 1. The van der Waals surface area contributed by atoms with Gasteiger partial charge < -0.3 is 19.4 Å². The van der Waals surface area contributed by atoms with Gasteiger partial charge in [0.15, 0.2) is 0 Å². The monoisotopic (exact) mass is 408 g/mol. The van der Waals surface area contributed by atoms with Crippen LogP contribution in [0.15, 0.2) is 36.7 Å². The first-order chi connectivity index (χ1) is 14.6. The fourth-order valence-electron chi connectivity index (χ4n) is 3.74. The number of nitrogens with zero attached hydrogens (tertiary/aromatic N) is 3. The van der Waals surface area contributed by atoms with Gasteiger partial charge in [-0.2, -0.15) is 0 Å². The number of carbonyl (C=O) groups excluding carboxylic acids is 1. The Bertz CT molecular complexity index is 1090. The van der Waals surface area contributed by atoms with E-state index in [9.17, 15) is 4.79 Å². The summed E-state index contributed by atoms with van der Waals surface area (Å²) in [7, 11) is 1.71. The zero-order valence-corrected chi connectivity index (χ0v) is 17.7. The van der Waals surface area contributed by atoms with E-state index in [1.54, 1.807) is 13.4 Å². The maximum absolute atomic E-state index is 12.1. The topological polar surface area (TPSA) is 78.3 Å². The Kier molecular flexibility index (Phi) is 5.99. The summed E-state index contributed by atoms with van der Waals surface area (Å²) in [6.07, 6.45) is 7.46. The van der Waals surface area contributed by atoms with Crippen LogP contribution in [0.5, 0.6) is 0 Å². The molecule has 7 heteroatoms. The fraction of sp³-hybridized carbons (Fsp3) is 0.435. The number of rotatable bonds is 7. The number of ether oxygens (including phenoxy) is 2. The summed E-state index contributed by atoms with van der Waals surface area (Å²) >= 11 is 0. The van der Waals surface area contributed by atoms with Crippen LogP contribution in [0.1, 0.15) is 26.1 Å². The average Bonchev–Trinajstić information content (AvgIpc) is 3.10. The first kappa shape index (κ1) is 20.3. The van der Waals surface area contributed by atoms with Crippen molar-refractivity contribution >= 4 is 33.5 Å². The van der Waals surface area contributed by atoms with Gasteiger partial charge in [-0.15, -0.1) is 0 Å². The van der Waals surface area contributed by atoms with Crippen molar-refractivity contribution in [3.63, 3.8) is 0 Å². The molecule has 0 bridgehead atoms. The number of amides is 1. The van der Waals surface area contributed by atoms with Gasteiger partial charge >= 0.3 is 0 Å². The van der Waals surface area contributed by atoms with Crippen molar-refractivity contribution in [2.75, 3.05) is 25.6 Å². The average molecular weight is 409 g/mol. The summed E-state index contributed by atoms with van der Waals surface area (Å²) in [5, 5.41) is 3.98. The number of hydrogen-bond donors (Lipinski definition) is 1. The Labute approximate surface area is 176 Å². The molecule has 1 unspecified atom stereocenters. The predicted molar refractivity (Wildman–Crippen MR) is 117 cm³/mol. The van der Waals surface area contributed by atoms with Crippen molar-refractivity contribution in [2.24, 2.45) is 11.8 Å².